The molecule has 0 aliphatic carbocycles. The quantitative estimate of drug-likeness (QED) is 0.235. The summed E-state index contributed by atoms with van der Waals surface area (Å²) in [6.45, 7) is 2.25. The Kier molecular flexibility index (Phi) is 13.4. The van der Waals surface area contributed by atoms with Crippen LogP contribution in [-0.2, 0) is 4.79 Å². The van der Waals surface area contributed by atoms with Crippen molar-refractivity contribution in [3.05, 3.63) is 35.9 Å². The fraction of sp³-hybridized carbons (Fsp3) is 0.667. The Bertz CT molecular complexity index is 510. The van der Waals surface area contributed by atoms with E-state index in [-0.39, 0.29) is 12.2 Å². The van der Waals surface area contributed by atoms with Crippen LogP contribution < -0.4 is 0 Å². The second-order valence-electron chi connectivity index (χ2n) is 7.71. The molecule has 0 heterocycles. The van der Waals surface area contributed by atoms with Crippen LogP contribution in [-0.4, -0.2) is 16.9 Å². The van der Waals surface area contributed by atoms with Crippen molar-refractivity contribution >= 4 is 11.8 Å². The third-order valence-electron chi connectivity index (χ3n) is 5.28. The van der Waals surface area contributed by atoms with E-state index in [1.165, 1.54) is 64.2 Å². The summed E-state index contributed by atoms with van der Waals surface area (Å²) in [4.78, 5) is 23.7. The van der Waals surface area contributed by atoms with Gasteiger partial charge in [-0.1, -0.05) is 114 Å². The number of carboxylic acids is 1. The van der Waals surface area contributed by atoms with E-state index in [2.05, 4.69) is 6.92 Å². The van der Waals surface area contributed by atoms with E-state index in [4.69, 9.17) is 0 Å². The third-order valence-corrected chi connectivity index (χ3v) is 5.28. The largest absolute Gasteiger partial charge is 0.481 e. The summed E-state index contributed by atoms with van der Waals surface area (Å²) in [7, 11) is 0. The summed E-state index contributed by atoms with van der Waals surface area (Å²) in [5, 5.41) is 9.39. The molecule has 3 heteroatoms. The number of carbonyl (C=O) groups excluding carboxylic acids is 1. The Morgan fingerprint density at radius 1 is 0.778 bits per heavy atom. The monoisotopic (exact) mass is 374 g/mol. The fourth-order valence-electron chi connectivity index (χ4n) is 3.51. The average molecular weight is 375 g/mol. The van der Waals surface area contributed by atoms with Gasteiger partial charge >= 0.3 is 5.97 Å². The van der Waals surface area contributed by atoms with E-state index < -0.39 is 11.9 Å². The van der Waals surface area contributed by atoms with E-state index in [1.54, 1.807) is 12.1 Å². The summed E-state index contributed by atoms with van der Waals surface area (Å²) in [5.41, 5.74) is 0.610. The van der Waals surface area contributed by atoms with E-state index in [9.17, 15) is 14.7 Å². The van der Waals surface area contributed by atoms with Crippen molar-refractivity contribution < 1.29 is 14.7 Å². The van der Waals surface area contributed by atoms with Crippen molar-refractivity contribution in [3.8, 4) is 0 Å². The number of ketones is 1. The first kappa shape index (κ1) is 23.4. The van der Waals surface area contributed by atoms with Crippen LogP contribution in [0.2, 0.25) is 0 Å². The molecular formula is C24H38O3. The number of carboxylic acid groups (broad SMARTS) is 1. The van der Waals surface area contributed by atoms with Crippen molar-refractivity contribution in [3.63, 3.8) is 0 Å². The van der Waals surface area contributed by atoms with Crippen LogP contribution in [0.1, 0.15) is 107 Å². The molecule has 0 saturated carbocycles. The molecule has 0 amide bonds. The maximum atomic E-state index is 12.2. The fourth-order valence-corrected chi connectivity index (χ4v) is 3.51. The van der Waals surface area contributed by atoms with Gasteiger partial charge in [0.2, 0.25) is 0 Å². The van der Waals surface area contributed by atoms with Crippen molar-refractivity contribution in [2.24, 2.45) is 5.92 Å². The Labute approximate surface area is 165 Å². The predicted octanol–water partition coefficient (Wildman–Crippen LogP) is 7.05. The second-order valence-corrected chi connectivity index (χ2v) is 7.71. The predicted molar refractivity (Wildman–Crippen MR) is 112 cm³/mol. The van der Waals surface area contributed by atoms with E-state index >= 15 is 0 Å². The number of unbranched alkanes of at least 4 members (excludes halogenated alkanes) is 11. The molecular weight excluding hydrogens is 336 g/mol. The van der Waals surface area contributed by atoms with E-state index in [0.29, 0.717) is 12.0 Å². The molecule has 0 spiro atoms. The molecule has 0 aromatic heterocycles. The molecule has 1 aromatic carbocycles. The van der Waals surface area contributed by atoms with Gasteiger partial charge in [-0.3, -0.25) is 9.59 Å². The molecule has 27 heavy (non-hydrogen) atoms. The lowest BCUT2D eigenvalue weighted by atomic mass is 9.93. The molecule has 1 N–H and O–H groups in total. The lowest BCUT2D eigenvalue weighted by Crippen LogP contribution is -2.18. The molecule has 0 saturated heterocycles. The number of hydrogen-bond donors (Lipinski definition) is 1. The summed E-state index contributed by atoms with van der Waals surface area (Å²) >= 11 is 0. The molecule has 0 fully saturated rings. The van der Waals surface area contributed by atoms with Crippen LogP contribution in [0.15, 0.2) is 30.3 Å². The number of rotatable bonds is 17. The van der Waals surface area contributed by atoms with Gasteiger partial charge in [-0.2, -0.15) is 0 Å². The average Bonchev–Trinajstić information content (AvgIpc) is 2.68. The summed E-state index contributed by atoms with van der Waals surface area (Å²) in [5.74, 6) is -1.47. The van der Waals surface area contributed by atoms with Crippen molar-refractivity contribution in [1.29, 1.82) is 0 Å². The first-order chi connectivity index (χ1) is 13.1. The number of hydrogen-bond acceptors (Lipinski definition) is 2. The van der Waals surface area contributed by atoms with Gasteiger partial charge in [0.1, 0.15) is 0 Å². The molecule has 3 nitrogen and oxygen atoms in total. The third kappa shape index (κ3) is 11.6. The van der Waals surface area contributed by atoms with Gasteiger partial charge in [-0.15, -0.1) is 0 Å². The Hall–Kier alpha value is -1.64. The lowest BCUT2D eigenvalue weighted by molar-refractivity contribution is -0.141. The summed E-state index contributed by atoms with van der Waals surface area (Å²) in [6.07, 6.45) is 15.9. The van der Waals surface area contributed by atoms with Crippen LogP contribution in [0.5, 0.6) is 0 Å². The molecule has 1 atom stereocenters. The second kappa shape index (κ2) is 15.4. The van der Waals surface area contributed by atoms with E-state index in [0.717, 1.165) is 12.8 Å². The highest BCUT2D eigenvalue weighted by atomic mass is 16.4. The molecule has 152 valence electrons. The van der Waals surface area contributed by atoms with Gasteiger partial charge in [0.05, 0.1) is 5.92 Å². The summed E-state index contributed by atoms with van der Waals surface area (Å²) < 4.78 is 0. The lowest BCUT2D eigenvalue weighted by Gasteiger charge is -2.11. The smallest absolute Gasteiger partial charge is 0.306 e. The van der Waals surface area contributed by atoms with Gasteiger partial charge in [-0.05, 0) is 6.42 Å². The molecule has 1 aromatic rings. The Balaban J connectivity index is 2.07. The van der Waals surface area contributed by atoms with Crippen LogP contribution in [0.25, 0.3) is 0 Å². The van der Waals surface area contributed by atoms with Crippen molar-refractivity contribution in [2.75, 3.05) is 0 Å². The van der Waals surface area contributed by atoms with Crippen LogP contribution in [0, 0.1) is 5.92 Å². The summed E-state index contributed by atoms with van der Waals surface area (Å²) in [6, 6.07) is 9.00. The maximum absolute atomic E-state index is 12.2. The molecule has 0 radical (unpaired) electrons. The van der Waals surface area contributed by atoms with Gasteiger partial charge < -0.3 is 5.11 Å². The first-order valence-electron chi connectivity index (χ1n) is 11.0. The van der Waals surface area contributed by atoms with Crippen LogP contribution in [0.4, 0.5) is 0 Å². The normalized spacial score (nSPS) is 12.0. The standard InChI is InChI=1S/C24H38O3/c1-2-3-4-5-6-7-8-9-10-11-12-14-19-22(24(26)27)20-23(25)21-17-15-13-16-18-21/h13,15-18,22H,2-12,14,19-20H2,1H3,(H,26,27). The Morgan fingerprint density at radius 2 is 1.26 bits per heavy atom. The van der Waals surface area contributed by atoms with Gasteiger partial charge in [0.15, 0.2) is 5.78 Å². The number of carbonyl (C=O) groups is 2. The molecule has 0 aliphatic heterocycles. The minimum absolute atomic E-state index is 0.0677. The molecule has 1 unspecified atom stereocenters. The zero-order chi connectivity index (χ0) is 19.7. The number of Topliss-reactive ketones (excluding diaryl/α,β-unsaturated/α-hetero) is 1. The van der Waals surface area contributed by atoms with Gasteiger partial charge in [0.25, 0.3) is 0 Å². The topological polar surface area (TPSA) is 54.4 Å². The highest BCUT2D eigenvalue weighted by Gasteiger charge is 2.21. The molecule has 0 aliphatic rings. The van der Waals surface area contributed by atoms with Crippen LogP contribution in [0.3, 0.4) is 0 Å². The molecule has 1 rings (SSSR count). The number of benzene rings is 1. The van der Waals surface area contributed by atoms with Gasteiger partial charge in [0, 0.05) is 12.0 Å². The Morgan fingerprint density at radius 3 is 1.74 bits per heavy atom. The number of aliphatic carboxylic acids is 1. The zero-order valence-corrected chi connectivity index (χ0v) is 17.1. The minimum atomic E-state index is -0.845. The maximum Gasteiger partial charge on any atom is 0.306 e. The minimum Gasteiger partial charge on any atom is -0.481 e. The highest BCUT2D eigenvalue weighted by Crippen LogP contribution is 2.19. The van der Waals surface area contributed by atoms with Crippen molar-refractivity contribution in [2.45, 2.75) is 96.8 Å². The van der Waals surface area contributed by atoms with Crippen molar-refractivity contribution in [1.82, 2.24) is 0 Å². The van der Waals surface area contributed by atoms with E-state index in [1.807, 2.05) is 18.2 Å². The first-order valence-corrected chi connectivity index (χ1v) is 11.0. The van der Waals surface area contributed by atoms with Crippen LogP contribution >= 0.6 is 0 Å². The zero-order valence-electron chi connectivity index (χ0n) is 17.1. The van der Waals surface area contributed by atoms with Gasteiger partial charge in [-0.25, -0.2) is 0 Å². The highest BCUT2D eigenvalue weighted by molar-refractivity contribution is 5.97. The SMILES string of the molecule is CCCCCCCCCCCCCCC(CC(=O)c1ccccc1)C(=O)O. The molecule has 0 bridgehead atoms.